The summed E-state index contributed by atoms with van der Waals surface area (Å²) in [6.45, 7) is 1.24. The van der Waals surface area contributed by atoms with Crippen LogP contribution >= 0.6 is 0 Å². The third-order valence-electron chi connectivity index (χ3n) is 6.15. The number of fused-ring (bicyclic) bond motifs is 1. The summed E-state index contributed by atoms with van der Waals surface area (Å²) in [7, 11) is 4.29. The molecule has 0 N–H and O–H groups in total. The lowest BCUT2D eigenvalue weighted by atomic mass is 9.81. The lowest BCUT2D eigenvalue weighted by Crippen LogP contribution is -2.52. The van der Waals surface area contributed by atoms with E-state index in [1.165, 1.54) is 0 Å². The molecule has 1 amide bonds. The first kappa shape index (κ1) is 18.9. The number of amides is 1. The van der Waals surface area contributed by atoms with Gasteiger partial charge in [-0.15, -0.1) is 0 Å². The van der Waals surface area contributed by atoms with Gasteiger partial charge in [0.15, 0.2) is 0 Å². The molecule has 1 fully saturated rings. The van der Waals surface area contributed by atoms with Crippen molar-refractivity contribution >= 4 is 5.91 Å². The summed E-state index contributed by atoms with van der Waals surface area (Å²) in [6.07, 6.45) is 6.21. The van der Waals surface area contributed by atoms with E-state index in [4.69, 9.17) is 4.74 Å². The first-order chi connectivity index (χ1) is 13.5. The van der Waals surface area contributed by atoms with E-state index in [0.717, 1.165) is 42.7 Å². The van der Waals surface area contributed by atoms with Crippen LogP contribution in [0.1, 0.15) is 36.9 Å². The highest BCUT2D eigenvalue weighted by Gasteiger charge is 2.42. The van der Waals surface area contributed by atoms with Crippen molar-refractivity contribution in [2.45, 2.75) is 50.3 Å². The van der Waals surface area contributed by atoms with Gasteiger partial charge in [-0.25, -0.2) is 0 Å². The molecule has 4 rings (SSSR count). The van der Waals surface area contributed by atoms with Crippen LogP contribution in [-0.2, 0) is 17.8 Å². The molecule has 0 radical (unpaired) electrons. The number of para-hydroxylation sites is 1. The maximum absolute atomic E-state index is 13.2. The van der Waals surface area contributed by atoms with Crippen molar-refractivity contribution in [3.63, 3.8) is 0 Å². The van der Waals surface area contributed by atoms with Gasteiger partial charge in [0.1, 0.15) is 11.4 Å². The van der Waals surface area contributed by atoms with E-state index in [2.05, 4.69) is 30.0 Å². The lowest BCUT2D eigenvalue weighted by molar-refractivity contribution is -0.134. The van der Waals surface area contributed by atoms with Crippen molar-refractivity contribution in [2.75, 3.05) is 20.6 Å². The predicted molar refractivity (Wildman–Crippen MR) is 109 cm³/mol. The smallest absolute Gasteiger partial charge is 0.229 e. The topological polar surface area (TPSA) is 45.7 Å². The third-order valence-corrected chi connectivity index (χ3v) is 6.15. The molecule has 148 valence electrons. The van der Waals surface area contributed by atoms with Crippen LogP contribution in [0.4, 0.5) is 0 Å². The van der Waals surface area contributed by atoms with Crippen LogP contribution in [0, 0.1) is 0 Å². The van der Waals surface area contributed by atoms with Crippen LogP contribution in [-0.4, -0.2) is 53.0 Å². The first-order valence-electron chi connectivity index (χ1n) is 10.2. The molecular weight excluding hydrogens is 350 g/mol. The van der Waals surface area contributed by atoms with Gasteiger partial charge in [-0.1, -0.05) is 24.3 Å². The van der Waals surface area contributed by atoms with E-state index in [1.54, 1.807) is 6.20 Å². The lowest BCUT2D eigenvalue weighted by Gasteiger charge is -2.43. The highest BCUT2D eigenvalue weighted by molar-refractivity contribution is 5.78. The van der Waals surface area contributed by atoms with Gasteiger partial charge >= 0.3 is 0 Å². The molecule has 0 atom stereocenters. The highest BCUT2D eigenvalue weighted by atomic mass is 16.5. The zero-order valence-corrected chi connectivity index (χ0v) is 16.8. The van der Waals surface area contributed by atoms with E-state index in [0.29, 0.717) is 25.6 Å². The monoisotopic (exact) mass is 379 g/mol. The minimum Gasteiger partial charge on any atom is -0.485 e. The van der Waals surface area contributed by atoms with Crippen LogP contribution in [0.3, 0.4) is 0 Å². The Kier molecular flexibility index (Phi) is 5.36. The number of benzene rings is 1. The number of nitrogens with zero attached hydrogens (tertiary/aromatic N) is 3. The molecule has 1 spiro atoms. The van der Waals surface area contributed by atoms with Crippen LogP contribution in [0.2, 0.25) is 0 Å². The van der Waals surface area contributed by atoms with Crippen molar-refractivity contribution in [3.05, 3.63) is 59.9 Å². The van der Waals surface area contributed by atoms with Crippen LogP contribution in [0.25, 0.3) is 0 Å². The maximum Gasteiger partial charge on any atom is 0.229 e. The Morgan fingerprint density at radius 3 is 2.64 bits per heavy atom. The Bertz CT molecular complexity index is 814. The molecule has 5 nitrogen and oxygen atoms in total. The van der Waals surface area contributed by atoms with Gasteiger partial charge < -0.3 is 14.5 Å². The second-order valence-corrected chi connectivity index (χ2v) is 8.34. The minimum atomic E-state index is -0.293. The number of aromatic nitrogens is 1. The SMILES string of the molecule is CN(C)C1CCC2(CC1)CN(C(=O)Cc1ccccn1)Cc1ccccc1O2. The number of rotatable bonds is 3. The normalized spacial score (nSPS) is 24.5. The number of carbonyl (C=O) groups excluding carboxylic acids is 1. The molecule has 28 heavy (non-hydrogen) atoms. The summed E-state index contributed by atoms with van der Waals surface area (Å²) < 4.78 is 6.62. The molecule has 1 aliphatic carbocycles. The van der Waals surface area contributed by atoms with Gasteiger partial charge in [0, 0.05) is 30.0 Å². The van der Waals surface area contributed by atoms with Gasteiger partial charge in [-0.05, 0) is 58.0 Å². The summed E-state index contributed by atoms with van der Waals surface area (Å²) >= 11 is 0. The number of pyridine rings is 1. The zero-order chi connectivity index (χ0) is 19.6. The zero-order valence-electron chi connectivity index (χ0n) is 16.8. The van der Waals surface area contributed by atoms with Crippen molar-refractivity contribution in [3.8, 4) is 5.75 Å². The molecule has 0 saturated heterocycles. The molecule has 0 unspecified atom stereocenters. The molecule has 5 heteroatoms. The summed E-state index contributed by atoms with van der Waals surface area (Å²) in [5, 5.41) is 0. The van der Waals surface area contributed by atoms with Crippen molar-refractivity contribution < 1.29 is 9.53 Å². The van der Waals surface area contributed by atoms with Gasteiger partial charge in [-0.2, -0.15) is 0 Å². The molecule has 1 saturated carbocycles. The predicted octanol–water partition coefficient (Wildman–Crippen LogP) is 3.29. The summed E-state index contributed by atoms with van der Waals surface area (Å²) in [6, 6.07) is 14.5. The van der Waals surface area contributed by atoms with Crippen molar-refractivity contribution in [1.82, 2.24) is 14.8 Å². The Hall–Kier alpha value is -2.40. The summed E-state index contributed by atoms with van der Waals surface area (Å²) in [5.74, 6) is 1.05. The minimum absolute atomic E-state index is 0.119. The Balaban J connectivity index is 1.58. The Morgan fingerprint density at radius 1 is 1.18 bits per heavy atom. The van der Waals surface area contributed by atoms with Crippen LogP contribution < -0.4 is 4.74 Å². The number of ether oxygens (including phenoxy) is 1. The Morgan fingerprint density at radius 2 is 1.93 bits per heavy atom. The van der Waals surface area contributed by atoms with E-state index < -0.39 is 0 Å². The quantitative estimate of drug-likeness (QED) is 0.821. The molecule has 1 aliphatic heterocycles. The fourth-order valence-corrected chi connectivity index (χ4v) is 4.46. The van der Waals surface area contributed by atoms with E-state index in [9.17, 15) is 4.79 Å². The van der Waals surface area contributed by atoms with E-state index in [-0.39, 0.29) is 11.5 Å². The van der Waals surface area contributed by atoms with Gasteiger partial charge in [0.25, 0.3) is 0 Å². The highest BCUT2D eigenvalue weighted by Crippen LogP contribution is 2.39. The molecule has 1 aromatic heterocycles. The first-order valence-corrected chi connectivity index (χ1v) is 10.2. The molecular formula is C23H29N3O2. The number of hydrogen-bond donors (Lipinski definition) is 0. The van der Waals surface area contributed by atoms with E-state index >= 15 is 0 Å². The Labute approximate surface area is 167 Å². The average Bonchev–Trinajstić information content (AvgIpc) is 2.86. The van der Waals surface area contributed by atoms with Gasteiger partial charge in [0.2, 0.25) is 5.91 Å². The van der Waals surface area contributed by atoms with Crippen molar-refractivity contribution in [2.24, 2.45) is 0 Å². The molecule has 0 bridgehead atoms. The largest absolute Gasteiger partial charge is 0.485 e. The second-order valence-electron chi connectivity index (χ2n) is 8.34. The maximum atomic E-state index is 13.2. The average molecular weight is 380 g/mol. The van der Waals surface area contributed by atoms with Crippen LogP contribution in [0.15, 0.2) is 48.7 Å². The molecule has 2 aromatic rings. The van der Waals surface area contributed by atoms with Gasteiger partial charge in [0.05, 0.1) is 13.0 Å². The van der Waals surface area contributed by atoms with E-state index in [1.807, 2.05) is 41.3 Å². The third kappa shape index (κ3) is 4.04. The number of carbonyl (C=O) groups is 1. The summed E-state index contributed by atoms with van der Waals surface area (Å²) in [5.41, 5.74) is 1.61. The van der Waals surface area contributed by atoms with Gasteiger partial charge in [-0.3, -0.25) is 9.78 Å². The molecule has 2 aliphatic rings. The molecule has 2 heterocycles. The standard InChI is InChI=1S/C23H29N3O2/c1-25(2)20-10-12-23(13-11-20)17-26(16-18-7-3-4-9-21(18)28-23)22(27)15-19-8-5-6-14-24-19/h3-9,14,20H,10-13,15-17H2,1-2H3. The molecule has 1 aromatic carbocycles. The van der Waals surface area contributed by atoms with Crippen LogP contribution in [0.5, 0.6) is 5.75 Å². The second kappa shape index (κ2) is 7.92. The number of hydrogen-bond acceptors (Lipinski definition) is 4. The fourth-order valence-electron chi connectivity index (χ4n) is 4.46. The summed E-state index contributed by atoms with van der Waals surface area (Å²) in [4.78, 5) is 21.8. The van der Waals surface area contributed by atoms with Crippen molar-refractivity contribution in [1.29, 1.82) is 0 Å². The fraction of sp³-hybridized carbons (Fsp3) is 0.478.